The summed E-state index contributed by atoms with van der Waals surface area (Å²) in [4.78, 5) is 39.6. The lowest BCUT2D eigenvalue weighted by Crippen LogP contribution is -2.51. The molecule has 1 fully saturated rings. The number of carbonyl (C=O) groups is 3. The number of Topliss-reactive ketones (excluding diaryl/α,β-unsaturated/α-hetero) is 1. The number of amides is 2. The number of hydrogen-bond donors (Lipinski definition) is 1. The van der Waals surface area contributed by atoms with Crippen LogP contribution in [0.4, 0.5) is 5.69 Å². The summed E-state index contributed by atoms with van der Waals surface area (Å²) < 4.78 is 4.88. The van der Waals surface area contributed by atoms with Crippen molar-refractivity contribution in [1.29, 1.82) is 0 Å². The van der Waals surface area contributed by atoms with Crippen LogP contribution in [0.3, 0.4) is 0 Å². The van der Waals surface area contributed by atoms with Gasteiger partial charge in [-0.2, -0.15) is 0 Å². The van der Waals surface area contributed by atoms with Crippen molar-refractivity contribution in [2.24, 2.45) is 0 Å². The second-order valence-electron chi connectivity index (χ2n) is 5.84. The average molecular weight is 376 g/mol. The Bertz CT molecular complexity index is 799. The summed E-state index contributed by atoms with van der Waals surface area (Å²) in [6.07, 6.45) is 1.31. The fourth-order valence-electron chi connectivity index (χ4n) is 2.75. The molecule has 0 spiro atoms. The number of carbonyl (C=O) groups excluding carboxylic acids is 3. The van der Waals surface area contributed by atoms with Crippen molar-refractivity contribution in [3.63, 3.8) is 0 Å². The first-order valence-electron chi connectivity index (χ1n) is 8.19. The van der Waals surface area contributed by atoms with Crippen LogP contribution in [0.1, 0.15) is 10.6 Å². The highest BCUT2D eigenvalue weighted by molar-refractivity contribution is 6.42. The lowest BCUT2D eigenvalue weighted by atomic mass is 10.2. The minimum atomic E-state index is -0.856. The minimum absolute atomic E-state index is 0.0508. The molecule has 2 aromatic rings. The zero-order valence-electron chi connectivity index (χ0n) is 14.0. The Balaban J connectivity index is 1.46. The fourth-order valence-corrected chi connectivity index (χ4v) is 2.94. The van der Waals surface area contributed by atoms with E-state index in [1.54, 1.807) is 4.90 Å². The van der Waals surface area contributed by atoms with Crippen molar-refractivity contribution in [2.45, 2.75) is 0 Å². The smallest absolute Gasteiger partial charge is 0.296 e. The maximum absolute atomic E-state index is 12.2. The molecule has 2 amide bonds. The van der Waals surface area contributed by atoms with E-state index in [0.717, 1.165) is 5.69 Å². The molecule has 0 atom stereocenters. The van der Waals surface area contributed by atoms with E-state index in [9.17, 15) is 14.4 Å². The van der Waals surface area contributed by atoms with E-state index in [0.29, 0.717) is 31.2 Å². The topological polar surface area (TPSA) is 82.9 Å². The van der Waals surface area contributed by atoms with Crippen LogP contribution in [0.5, 0.6) is 0 Å². The van der Waals surface area contributed by atoms with Crippen LogP contribution in [0, 0.1) is 0 Å². The molecule has 1 aliphatic rings. The summed E-state index contributed by atoms with van der Waals surface area (Å²) in [7, 11) is 0. The third-order valence-corrected chi connectivity index (χ3v) is 4.39. The Morgan fingerprint density at radius 2 is 1.85 bits per heavy atom. The summed E-state index contributed by atoms with van der Waals surface area (Å²) in [5, 5.41) is 3.02. The molecular weight excluding hydrogens is 358 g/mol. The molecule has 2 heterocycles. The molecule has 3 rings (SSSR count). The van der Waals surface area contributed by atoms with Gasteiger partial charge in [-0.15, -0.1) is 0 Å². The average Bonchev–Trinajstić information content (AvgIpc) is 3.20. The van der Waals surface area contributed by atoms with Crippen molar-refractivity contribution in [3.8, 4) is 0 Å². The predicted octanol–water partition coefficient (Wildman–Crippen LogP) is 1.58. The number of furan rings is 1. The summed E-state index contributed by atoms with van der Waals surface area (Å²) in [5.41, 5.74) is 1.02. The second-order valence-corrected chi connectivity index (χ2v) is 6.27. The van der Waals surface area contributed by atoms with Crippen molar-refractivity contribution in [1.82, 2.24) is 10.2 Å². The lowest BCUT2D eigenvalue weighted by Gasteiger charge is -2.36. The molecule has 1 aromatic heterocycles. The number of nitrogens with zero attached hydrogens (tertiary/aromatic N) is 2. The van der Waals surface area contributed by atoms with Gasteiger partial charge in [-0.3, -0.25) is 14.4 Å². The highest BCUT2D eigenvalue weighted by Crippen LogP contribution is 2.20. The molecule has 0 bridgehead atoms. The molecule has 0 saturated carbocycles. The van der Waals surface area contributed by atoms with Gasteiger partial charge in [0.05, 0.1) is 12.8 Å². The predicted molar refractivity (Wildman–Crippen MR) is 96.3 cm³/mol. The number of piperazine rings is 1. The van der Waals surface area contributed by atoms with E-state index in [2.05, 4.69) is 10.2 Å². The molecule has 0 radical (unpaired) electrons. The number of nitrogens with one attached hydrogen (secondary N) is 1. The van der Waals surface area contributed by atoms with Crippen LogP contribution < -0.4 is 10.2 Å². The lowest BCUT2D eigenvalue weighted by molar-refractivity contribution is -0.132. The van der Waals surface area contributed by atoms with Gasteiger partial charge in [0.1, 0.15) is 0 Å². The first kappa shape index (κ1) is 18.0. The maximum Gasteiger partial charge on any atom is 0.296 e. The monoisotopic (exact) mass is 375 g/mol. The zero-order chi connectivity index (χ0) is 18.5. The molecule has 8 heteroatoms. The van der Waals surface area contributed by atoms with Gasteiger partial charge in [0.15, 0.2) is 5.76 Å². The number of halogens is 1. The highest BCUT2D eigenvalue weighted by atomic mass is 35.5. The summed E-state index contributed by atoms with van der Waals surface area (Å²) in [6, 6.07) is 10.5. The number of rotatable bonds is 5. The standard InChI is InChI=1S/C18H18ClN3O4/c19-13-3-1-4-14(11-13)21-6-8-22(9-7-21)16(23)12-20-18(25)17(24)15-5-2-10-26-15/h1-5,10-11H,6-9,12H2,(H,20,25). The SMILES string of the molecule is O=C(NCC(=O)N1CCN(c2cccc(Cl)c2)CC1)C(=O)c1ccco1. The third-order valence-electron chi connectivity index (χ3n) is 4.16. The van der Waals surface area contributed by atoms with Crippen LogP contribution in [-0.2, 0) is 9.59 Å². The number of hydrogen-bond acceptors (Lipinski definition) is 5. The van der Waals surface area contributed by atoms with Crippen molar-refractivity contribution >= 4 is 34.9 Å². The normalized spacial score (nSPS) is 14.2. The van der Waals surface area contributed by atoms with Crippen molar-refractivity contribution < 1.29 is 18.8 Å². The molecule has 136 valence electrons. The molecule has 26 heavy (non-hydrogen) atoms. The van der Waals surface area contributed by atoms with Crippen molar-refractivity contribution in [2.75, 3.05) is 37.6 Å². The van der Waals surface area contributed by atoms with Gasteiger partial charge in [-0.25, -0.2) is 0 Å². The van der Waals surface area contributed by atoms with Crippen LogP contribution >= 0.6 is 11.6 Å². The Hall–Kier alpha value is -2.80. The molecule has 1 aromatic carbocycles. The van der Waals surface area contributed by atoms with E-state index < -0.39 is 11.7 Å². The highest BCUT2D eigenvalue weighted by Gasteiger charge is 2.24. The Kier molecular flexibility index (Phi) is 5.58. The molecule has 1 saturated heterocycles. The van der Waals surface area contributed by atoms with E-state index >= 15 is 0 Å². The molecule has 1 N–H and O–H groups in total. The van der Waals surface area contributed by atoms with E-state index in [4.69, 9.17) is 16.0 Å². The Morgan fingerprint density at radius 3 is 2.50 bits per heavy atom. The minimum Gasteiger partial charge on any atom is -0.461 e. The van der Waals surface area contributed by atoms with Gasteiger partial charge in [0, 0.05) is 36.9 Å². The number of ketones is 1. The largest absolute Gasteiger partial charge is 0.461 e. The molecule has 0 unspecified atom stereocenters. The Morgan fingerprint density at radius 1 is 1.08 bits per heavy atom. The van der Waals surface area contributed by atoms with Gasteiger partial charge in [0.2, 0.25) is 5.91 Å². The van der Waals surface area contributed by atoms with E-state index in [1.807, 2.05) is 24.3 Å². The molecule has 1 aliphatic heterocycles. The second kappa shape index (κ2) is 8.05. The van der Waals surface area contributed by atoms with Gasteiger partial charge < -0.3 is 19.5 Å². The zero-order valence-corrected chi connectivity index (χ0v) is 14.7. The molecular formula is C18H18ClN3O4. The van der Waals surface area contributed by atoms with Crippen LogP contribution in [0.2, 0.25) is 5.02 Å². The van der Waals surface area contributed by atoms with Crippen molar-refractivity contribution in [3.05, 3.63) is 53.4 Å². The van der Waals surface area contributed by atoms with Gasteiger partial charge in [-0.05, 0) is 30.3 Å². The van der Waals surface area contributed by atoms with Gasteiger partial charge in [0.25, 0.3) is 11.7 Å². The number of anilines is 1. The first-order valence-corrected chi connectivity index (χ1v) is 8.57. The van der Waals surface area contributed by atoms with E-state index in [1.165, 1.54) is 18.4 Å². The van der Waals surface area contributed by atoms with Gasteiger partial charge >= 0.3 is 0 Å². The van der Waals surface area contributed by atoms with Gasteiger partial charge in [-0.1, -0.05) is 17.7 Å². The first-order chi connectivity index (χ1) is 12.5. The third kappa shape index (κ3) is 4.23. The van der Waals surface area contributed by atoms with E-state index in [-0.39, 0.29) is 18.2 Å². The summed E-state index contributed by atoms with van der Waals surface area (Å²) in [5.74, 6) is -1.93. The van der Waals surface area contributed by atoms with Crippen LogP contribution in [0.15, 0.2) is 47.1 Å². The van der Waals surface area contributed by atoms with Crippen LogP contribution in [0.25, 0.3) is 0 Å². The molecule has 7 nitrogen and oxygen atoms in total. The number of benzene rings is 1. The maximum atomic E-state index is 12.2. The Labute approximate surface area is 155 Å². The quantitative estimate of drug-likeness (QED) is 0.633. The van der Waals surface area contributed by atoms with Crippen LogP contribution in [-0.4, -0.2) is 55.2 Å². The molecule has 0 aliphatic carbocycles. The summed E-state index contributed by atoms with van der Waals surface area (Å²) in [6.45, 7) is 2.19. The fraction of sp³-hybridized carbons (Fsp3) is 0.278. The summed E-state index contributed by atoms with van der Waals surface area (Å²) >= 11 is 6.01.